The number of ether oxygens (including phenoxy) is 6. The van der Waals surface area contributed by atoms with Crippen molar-refractivity contribution in [1.29, 1.82) is 0 Å². The number of aliphatic hydroxyl groups excluding tert-OH is 6. The summed E-state index contributed by atoms with van der Waals surface area (Å²) in [6, 6.07) is 9.81. The number of methoxy groups -OCH3 is 2. The second kappa shape index (κ2) is 16.2. The second-order valence-corrected chi connectivity index (χ2v) is 11.5. The minimum Gasteiger partial charge on any atom is -0.504 e. The SMILES string of the molecule is COc1cc(CC(CO[C@@H]2OCC(O)[C@H](O)C2O)[C@@H](CO[C@@H]2O[C@H](CO)[C@@H](O)CC2O)Cc2ccc(O)c(OC)c2)ccc1O. The van der Waals surface area contributed by atoms with E-state index in [1.165, 1.54) is 26.4 Å². The minimum atomic E-state index is -1.51. The smallest absolute Gasteiger partial charge is 0.186 e. The molecule has 4 rings (SSSR count). The number of hydrogen-bond donors (Lipinski definition) is 8. The molecule has 0 saturated carbocycles. The number of aromatic hydroxyl groups is 2. The zero-order valence-electron chi connectivity index (χ0n) is 25.2. The summed E-state index contributed by atoms with van der Waals surface area (Å²) >= 11 is 0. The van der Waals surface area contributed by atoms with E-state index in [4.69, 9.17) is 28.4 Å². The van der Waals surface area contributed by atoms with Crippen molar-refractivity contribution < 1.29 is 69.3 Å². The summed E-state index contributed by atoms with van der Waals surface area (Å²) in [6.45, 7) is -0.730. The molecule has 14 heteroatoms. The molecule has 14 nitrogen and oxygen atoms in total. The monoisotopic (exact) mass is 640 g/mol. The van der Waals surface area contributed by atoms with E-state index in [1.807, 2.05) is 0 Å². The van der Waals surface area contributed by atoms with Gasteiger partial charge in [-0.15, -0.1) is 0 Å². The number of phenolic OH excluding ortho intramolecular Hbond substituents is 2. The molecular weight excluding hydrogens is 596 g/mol. The van der Waals surface area contributed by atoms with Crippen LogP contribution in [-0.2, 0) is 31.8 Å². The quantitative estimate of drug-likeness (QED) is 0.130. The maximum atomic E-state index is 10.6. The van der Waals surface area contributed by atoms with Gasteiger partial charge in [0.05, 0.1) is 46.8 Å². The maximum Gasteiger partial charge on any atom is 0.186 e. The Labute approximate surface area is 260 Å². The van der Waals surface area contributed by atoms with Crippen molar-refractivity contribution in [2.75, 3.05) is 40.6 Å². The van der Waals surface area contributed by atoms with Gasteiger partial charge in [-0.25, -0.2) is 0 Å². The molecule has 2 aromatic carbocycles. The Morgan fingerprint density at radius 2 is 1.27 bits per heavy atom. The van der Waals surface area contributed by atoms with E-state index in [9.17, 15) is 40.9 Å². The first kappa shape index (κ1) is 35.1. The minimum absolute atomic E-state index is 0.00216. The Balaban J connectivity index is 1.63. The summed E-state index contributed by atoms with van der Waals surface area (Å²) in [5.41, 5.74) is 1.54. The first-order chi connectivity index (χ1) is 21.5. The molecule has 0 aromatic heterocycles. The maximum absolute atomic E-state index is 10.6. The molecule has 8 N–H and O–H groups in total. The van der Waals surface area contributed by atoms with E-state index >= 15 is 0 Å². The third kappa shape index (κ3) is 8.95. The van der Waals surface area contributed by atoms with Gasteiger partial charge < -0.3 is 69.3 Å². The number of benzene rings is 2. The van der Waals surface area contributed by atoms with Gasteiger partial charge in [-0.2, -0.15) is 0 Å². The Kier molecular flexibility index (Phi) is 12.6. The largest absolute Gasteiger partial charge is 0.504 e. The molecule has 0 aliphatic carbocycles. The lowest BCUT2D eigenvalue weighted by Crippen LogP contribution is -2.54. The molecule has 2 saturated heterocycles. The molecule has 0 spiro atoms. The fourth-order valence-electron chi connectivity index (χ4n) is 5.57. The zero-order valence-corrected chi connectivity index (χ0v) is 25.2. The van der Waals surface area contributed by atoms with Gasteiger partial charge in [-0.05, 0) is 60.1 Å². The van der Waals surface area contributed by atoms with Crippen LogP contribution in [0.1, 0.15) is 17.5 Å². The van der Waals surface area contributed by atoms with E-state index < -0.39 is 67.6 Å². The lowest BCUT2D eigenvalue weighted by Gasteiger charge is -2.38. The molecule has 0 radical (unpaired) electrons. The van der Waals surface area contributed by atoms with Gasteiger partial charge in [0.2, 0.25) is 0 Å². The topological polar surface area (TPSA) is 217 Å². The molecule has 2 heterocycles. The van der Waals surface area contributed by atoms with Crippen LogP contribution in [0.15, 0.2) is 36.4 Å². The summed E-state index contributed by atoms with van der Waals surface area (Å²) in [7, 11) is 2.87. The van der Waals surface area contributed by atoms with Gasteiger partial charge in [-0.1, -0.05) is 12.1 Å². The van der Waals surface area contributed by atoms with Crippen LogP contribution in [0.4, 0.5) is 0 Å². The fourth-order valence-corrected chi connectivity index (χ4v) is 5.57. The van der Waals surface area contributed by atoms with E-state index in [2.05, 4.69) is 0 Å². The number of rotatable bonds is 14. The summed E-state index contributed by atoms with van der Waals surface area (Å²) in [6.07, 6.45) is -9.13. The van der Waals surface area contributed by atoms with Crippen molar-refractivity contribution in [3.8, 4) is 23.0 Å². The second-order valence-electron chi connectivity index (χ2n) is 11.5. The third-order valence-corrected chi connectivity index (χ3v) is 8.27. The van der Waals surface area contributed by atoms with Crippen molar-refractivity contribution in [2.45, 2.75) is 68.5 Å². The lowest BCUT2D eigenvalue weighted by atomic mass is 9.83. The van der Waals surface area contributed by atoms with Crippen LogP contribution in [0.2, 0.25) is 0 Å². The summed E-state index contributed by atoms with van der Waals surface area (Å²) in [4.78, 5) is 0. The molecule has 2 aliphatic heterocycles. The molecule has 2 fully saturated rings. The predicted octanol–water partition coefficient (Wildman–Crippen LogP) is -0.566. The van der Waals surface area contributed by atoms with Crippen LogP contribution < -0.4 is 9.47 Å². The van der Waals surface area contributed by atoms with Crippen LogP contribution in [0.5, 0.6) is 23.0 Å². The highest BCUT2D eigenvalue weighted by atomic mass is 16.7. The van der Waals surface area contributed by atoms with E-state index in [-0.39, 0.29) is 49.2 Å². The number of aliphatic hydroxyl groups is 6. The third-order valence-electron chi connectivity index (χ3n) is 8.27. The Morgan fingerprint density at radius 1 is 0.733 bits per heavy atom. The zero-order chi connectivity index (χ0) is 32.7. The molecule has 10 atom stereocenters. The van der Waals surface area contributed by atoms with Crippen LogP contribution in [0.3, 0.4) is 0 Å². The average Bonchev–Trinajstić information content (AvgIpc) is 3.03. The lowest BCUT2D eigenvalue weighted by molar-refractivity contribution is -0.280. The van der Waals surface area contributed by atoms with Crippen LogP contribution in [0, 0.1) is 11.8 Å². The summed E-state index contributed by atoms with van der Waals surface area (Å²) < 4.78 is 33.7. The van der Waals surface area contributed by atoms with Gasteiger partial charge in [-0.3, -0.25) is 0 Å². The molecular formula is C31H44O14. The van der Waals surface area contributed by atoms with E-state index in [1.54, 1.807) is 24.3 Å². The first-order valence-corrected chi connectivity index (χ1v) is 14.8. The Hall–Kier alpha value is -2.76. The van der Waals surface area contributed by atoms with Crippen LogP contribution in [-0.4, -0.2) is 131 Å². The van der Waals surface area contributed by atoms with Gasteiger partial charge in [0.15, 0.2) is 35.6 Å². The van der Waals surface area contributed by atoms with Crippen molar-refractivity contribution >= 4 is 0 Å². The Bertz CT molecular complexity index is 1210. The highest BCUT2D eigenvalue weighted by Gasteiger charge is 2.40. The van der Waals surface area contributed by atoms with Crippen molar-refractivity contribution in [2.24, 2.45) is 11.8 Å². The molecule has 2 aromatic rings. The standard InChI is InChI=1S/C31H44O14/c1-40-25-9-16(3-5-20(25)33)7-18(13-42-30-23(36)11-22(35)27(12-32)45-30)19(8-17-4-6-21(34)26(10-17)41-2)14-43-31-29(39)28(38)24(37)15-44-31/h3-6,9-10,18-19,22-24,27-39H,7-8,11-15H2,1-2H3/t18-,19?,22+,23?,24?,27-,28+,29?,30-,31-/m1/s1. The molecule has 2 aliphatic rings. The molecule has 252 valence electrons. The molecule has 0 bridgehead atoms. The van der Waals surface area contributed by atoms with Crippen molar-refractivity contribution in [1.82, 2.24) is 0 Å². The fraction of sp³-hybridized carbons (Fsp3) is 0.613. The van der Waals surface area contributed by atoms with Gasteiger partial charge in [0, 0.05) is 6.42 Å². The first-order valence-electron chi connectivity index (χ1n) is 14.8. The predicted molar refractivity (Wildman–Crippen MR) is 156 cm³/mol. The molecule has 4 unspecified atom stereocenters. The van der Waals surface area contributed by atoms with E-state index in [0.717, 1.165) is 11.1 Å². The van der Waals surface area contributed by atoms with Crippen LogP contribution in [0.25, 0.3) is 0 Å². The average molecular weight is 641 g/mol. The summed E-state index contributed by atoms with van der Waals surface area (Å²) in [5, 5.41) is 81.1. The van der Waals surface area contributed by atoms with Crippen molar-refractivity contribution in [3.05, 3.63) is 47.5 Å². The highest BCUT2D eigenvalue weighted by molar-refractivity contribution is 5.43. The molecule has 45 heavy (non-hydrogen) atoms. The normalized spacial score (nSPS) is 30.0. The van der Waals surface area contributed by atoms with Gasteiger partial charge >= 0.3 is 0 Å². The van der Waals surface area contributed by atoms with Crippen molar-refractivity contribution in [3.63, 3.8) is 0 Å². The Morgan fingerprint density at radius 3 is 1.78 bits per heavy atom. The van der Waals surface area contributed by atoms with Gasteiger partial charge in [0.25, 0.3) is 0 Å². The number of hydrogen-bond acceptors (Lipinski definition) is 14. The van der Waals surface area contributed by atoms with E-state index in [0.29, 0.717) is 12.8 Å². The van der Waals surface area contributed by atoms with Crippen LogP contribution >= 0.6 is 0 Å². The highest BCUT2D eigenvalue weighted by Crippen LogP contribution is 2.33. The van der Waals surface area contributed by atoms with Gasteiger partial charge in [0.1, 0.15) is 30.5 Å². The number of phenols is 2. The summed E-state index contributed by atoms with van der Waals surface area (Å²) in [5.74, 6) is -0.356. The molecule has 0 amide bonds.